The van der Waals surface area contributed by atoms with Crippen molar-refractivity contribution in [1.29, 1.82) is 0 Å². The number of aliphatic hydroxyl groups excluding tert-OH is 1. The highest BCUT2D eigenvalue weighted by Gasteiger charge is 2.18. The van der Waals surface area contributed by atoms with Crippen LogP contribution < -0.4 is 5.73 Å². The summed E-state index contributed by atoms with van der Waals surface area (Å²) >= 11 is 0. The fraction of sp³-hybridized carbons (Fsp3) is 0.818. The zero-order valence-corrected chi connectivity index (χ0v) is 10.3. The molecule has 1 unspecified atom stereocenters. The van der Waals surface area contributed by atoms with Crippen molar-refractivity contribution < 1.29 is 5.11 Å². The zero-order chi connectivity index (χ0) is 12.1. The van der Waals surface area contributed by atoms with Crippen molar-refractivity contribution in [3.63, 3.8) is 0 Å². The van der Waals surface area contributed by atoms with E-state index < -0.39 is 0 Å². The van der Waals surface area contributed by atoms with Gasteiger partial charge in [0.25, 0.3) is 0 Å². The lowest BCUT2D eigenvalue weighted by atomic mass is 10.1. The fourth-order valence-electron chi connectivity index (χ4n) is 1.91. The summed E-state index contributed by atoms with van der Waals surface area (Å²) < 4.78 is 1.95. The molecule has 1 aromatic rings. The van der Waals surface area contributed by atoms with E-state index in [1.54, 1.807) is 0 Å². The molecule has 1 rings (SSSR count). The van der Waals surface area contributed by atoms with Crippen LogP contribution in [0.25, 0.3) is 0 Å². The van der Waals surface area contributed by atoms with Gasteiger partial charge in [-0.3, -0.25) is 0 Å². The van der Waals surface area contributed by atoms with E-state index in [0.717, 1.165) is 24.2 Å². The number of hydrogen-bond acceptors (Lipinski definition) is 4. The largest absolute Gasteiger partial charge is 0.396 e. The molecule has 16 heavy (non-hydrogen) atoms. The zero-order valence-electron chi connectivity index (χ0n) is 10.3. The van der Waals surface area contributed by atoms with Crippen molar-refractivity contribution in [1.82, 2.24) is 15.0 Å². The van der Waals surface area contributed by atoms with Crippen LogP contribution in [0.4, 0.5) is 0 Å². The van der Waals surface area contributed by atoms with Crippen molar-refractivity contribution in [2.75, 3.05) is 6.61 Å². The van der Waals surface area contributed by atoms with Gasteiger partial charge in [0.1, 0.15) is 0 Å². The molecule has 0 amide bonds. The maximum absolute atomic E-state index is 8.83. The third-order valence-electron chi connectivity index (χ3n) is 2.74. The number of aromatic nitrogens is 3. The van der Waals surface area contributed by atoms with E-state index in [1.165, 1.54) is 0 Å². The Hall–Kier alpha value is -0.940. The predicted molar refractivity (Wildman–Crippen MR) is 63.0 cm³/mol. The molecule has 1 atom stereocenters. The summed E-state index contributed by atoms with van der Waals surface area (Å²) in [5.41, 5.74) is 7.65. The third kappa shape index (κ3) is 2.80. The Morgan fingerprint density at radius 1 is 1.38 bits per heavy atom. The van der Waals surface area contributed by atoms with Crippen molar-refractivity contribution in [2.24, 2.45) is 5.73 Å². The first kappa shape index (κ1) is 13.1. The quantitative estimate of drug-likeness (QED) is 0.764. The molecule has 92 valence electrons. The number of aliphatic hydroxyl groups is 1. The summed E-state index contributed by atoms with van der Waals surface area (Å²) in [6.07, 6.45) is 1.69. The average Bonchev–Trinajstić information content (AvgIpc) is 2.69. The first-order valence-corrected chi connectivity index (χ1v) is 5.86. The summed E-state index contributed by atoms with van der Waals surface area (Å²) in [5.74, 6) is 0.366. The fourth-order valence-corrected chi connectivity index (χ4v) is 1.91. The molecule has 1 aromatic heterocycles. The summed E-state index contributed by atoms with van der Waals surface area (Å²) in [6.45, 7) is 6.98. The molecule has 0 aromatic carbocycles. The van der Waals surface area contributed by atoms with E-state index in [1.807, 2.05) is 4.68 Å². The van der Waals surface area contributed by atoms with E-state index in [9.17, 15) is 0 Å². The van der Waals surface area contributed by atoms with Gasteiger partial charge in [0.15, 0.2) is 0 Å². The molecule has 0 aliphatic rings. The lowest BCUT2D eigenvalue weighted by molar-refractivity contribution is 0.269. The highest BCUT2D eigenvalue weighted by Crippen LogP contribution is 2.22. The van der Waals surface area contributed by atoms with Crippen LogP contribution in [0.3, 0.4) is 0 Å². The average molecular weight is 226 g/mol. The minimum Gasteiger partial charge on any atom is -0.396 e. The number of rotatable bonds is 6. The second kappa shape index (κ2) is 5.96. The van der Waals surface area contributed by atoms with Crippen LogP contribution in [0.5, 0.6) is 0 Å². The number of nitrogens with two attached hydrogens (primary N) is 1. The molecule has 0 saturated heterocycles. The minimum atomic E-state index is 0.222. The van der Waals surface area contributed by atoms with E-state index in [4.69, 9.17) is 10.8 Å². The second-order valence-electron chi connectivity index (χ2n) is 4.44. The summed E-state index contributed by atoms with van der Waals surface area (Å²) in [5, 5.41) is 17.1. The second-order valence-corrected chi connectivity index (χ2v) is 4.44. The van der Waals surface area contributed by atoms with Crippen LogP contribution in [0.15, 0.2) is 0 Å². The molecule has 0 aliphatic carbocycles. The molecule has 5 heteroatoms. The predicted octanol–water partition coefficient (Wildman–Crippen LogP) is 1.19. The van der Waals surface area contributed by atoms with E-state index in [-0.39, 0.29) is 12.6 Å². The molecule has 0 aliphatic heterocycles. The van der Waals surface area contributed by atoms with Crippen LogP contribution in [0, 0.1) is 0 Å². The molecule has 0 bridgehead atoms. The molecule has 0 saturated carbocycles. The highest BCUT2D eigenvalue weighted by molar-refractivity contribution is 5.14. The molecule has 0 fully saturated rings. The van der Waals surface area contributed by atoms with Gasteiger partial charge in [0.2, 0.25) is 0 Å². The van der Waals surface area contributed by atoms with E-state index >= 15 is 0 Å². The first-order valence-electron chi connectivity index (χ1n) is 5.86. The molecule has 0 spiro atoms. The highest BCUT2D eigenvalue weighted by atomic mass is 16.2. The number of nitrogens with zero attached hydrogens (tertiary/aromatic N) is 3. The lowest BCUT2D eigenvalue weighted by Gasteiger charge is -2.16. The summed E-state index contributed by atoms with van der Waals surface area (Å²) in [6, 6.07) is 0.261. The normalized spacial score (nSPS) is 13.4. The Bertz CT molecular complexity index is 322. The molecule has 3 N–H and O–H groups in total. The molecular weight excluding hydrogens is 204 g/mol. The van der Waals surface area contributed by atoms with Crippen LogP contribution in [0.1, 0.15) is 57.0 Å². The van der Waals surface area contributed by atoms with Gasteiger partial charge in [-0.25, -0.2) is 4.68 Å². The third-order valence-corrected chi connectivity index (χ3v) is 2.74. The molecule has 0 radical (unpaired) electrons. The Balaban J connectivity index is 2.90. The van der Waals surface area contributed by atoms with E-state index in [0.29, 0.717) is 12.5 Å². The standard InChI is InChI=1S/C11H22N4O/c1-8(2)11-10(7-12)13-14-15(11)9(3)5-4-6-16/h8-9,16H,4-7,12H2,1-3H3. The van der Waals surface area contributed by atoms with Gasteiger partial charge >= 0.3 is 0 Å². The van der Waals surface area contributed by atoms with Gasteiger partial charge in [-0.1, -0.05) is 19.1 Å². The van der Waals surface area contributed by atoms with Crippen molar-refractivity contribution in [3.05, 3.63) is 11.4 Å². The van der Waals surface area contributed by atoms with Gasteiger partial charge in [-0.05, 0) is 25.7 Å². The summed E-state index contributed by atoms with van der Waals surface area (Å²) in [4.78, 5) is 0. The molecule has 5 nitrogen and oxygen atoms in total. The van der Waals surface area contributed by atoms with Crippen LogP contribution in [-0.2, 0) is 6.54 Å². The molecule has 1 heterocycles. The Kier molecular flexibility index (Phi) is 4.89. The molecular formula is C11H22N4O. The Labute approximate surface area is 96.6 Å². The first-order chi connectivity index (χ1) is 7.61. The minimum absolute atomic E-state index is 0.222. The maximum atomic E-state index is 8.83. The van der Waals surface area contributed by atoms with Crippen molar-refractivity contribution in [2.45, 2.75) is 52.1 Å². The summed E-state index contributed by atoms with van der Waals surface area (Å²) in [7, 11) is 0. The topological polar surface area (TPSA) is 77.0 Å². The van der Waals surface area contributed by atoms with Gasteiger partial charge in [-0.2, -0.15) is 0 Å². The van der Waals surface area contributed by atoms with Crippen molar-refractivity contribution in [3.8, 4) is 0 Å². The van der Waals surface area contributed by atoms with Crippen LogP contribution in [-0.4, -0.2) is 26.7 Å². The van der Waals surface area contributed by atoms with Crippen LogP contribution >= 0.6 is 0 Å². The SMILES string of the molecule is CC(C)c1c(CN)nnn1C(C)CCCO. The van der Waals surface area contributed by atoms with E-state index in [2.05, 4.69) is 31.1 Å². The van der Waals surface area contributed by atoms with Gasteiger partial charge in [0.05, 0.1) is 17.4 Å². The van der Waals surface area contributed by atoms with Gasteiger partial charge in [0, 0.05) is 13.2 Å². The maximum Gasteiger partial charge on any atom is 0.0997 e. The monoisotopic (exact) mass is 226 g/mol. The van der Waals surface area contributed by atoms with Crippen molar-refractivity contribution >= 4 is 0 Å². The van der Waals surface area contributed by atoms with Crippen LogP contribution in [0.2, 0.25) is 0 Å². The smallest absolute Gasteiger partial charge is 0.0997 e. The Morgan fingerprint density at radius 2 is 2.06 bits per heavy atom. The lowest BCUT2D eigenvalue weighted by Crippen LogP contribution is -2.14. The Morgan fingerprint density at radius 3 is 2.56 bits per heavy atom. The van der Waals surface area contributed by atoms with Gasteiger partial charge in [-0.15, -0.1) is 5.10 Å². The number of hydrogen-bond donors (Lipinski definition) is 2. The van der Waals surface area contributed by atoms with Gasteiger partial charge < -0.3 is 10.8 Å².